The van der Waals surface area contributed by atoms with Gasteiger partial charge in [-0.25, -0.2) is 4.98 Å². The topological polar surface area (TPSA) is 17.8 Å². The molecule has 3 rings (SSSR count). The first kappa shape index (κ1) is 12.2. The summed E-state index contributed by atoms with van der Waals surface area (Å²) in [5.74, 6) is 0. The summed E-state index contributed by atoms with van der Waals surface area (Å²) in [5.41, 5.74) is 4.94. The van der Waals surface area contributed by atoms with Gasteiger partial charge < -0.3 is 4.57 Å². The van der Waals surface area contributed by atoms with Crippen LogP contribution in [0.25, 0.3) is 11.3 Å². The molecule has 0 unspecified atom stereocenters. The molecule has 2 nitrogen and oxygen atoms in total. The predicted octanol–water partition coefficient (Wildman–Crippen LogP) is 4.22. The lowest BCUT2D eigenvalue weighted by Crippen LogP contribution is -1.96. The summed E-state index contributed by atoms with van der Waals surface area (Å²) in [5, 5.41) is 4.21. The number of imidazole rings is 1. The first-order chi connectivity index (χ1) is 9.35. The number of aryl methyl sites for hydroxylation is 1. The van der Waals surface area contributed by atoms with Gasteiger partial charge in [0.2, 0.25) is 0 Å². The van der Waals surface area contributed by atoms with Gasteiger partial charge in [0.1, 0.15) is 0 Å². The Kier molecular flexibility index (Phi) is 3.47. The molecule has 0 aliphatic rings. The number of benzene rings is 1. The average Bonchev–Trinajstić information content (AvgIpc) is 3.10. The molecular weight excluding hydrogens is 252 g/mol. The predicted molar refractivity (Wildman–Crippen MR) is 80.5 cm³/mol. The Morgan fingerprint density at radius 2 is 1.89 bits per heavy atom. The van der Waals surface area contributed by atoms with Crippen LogP contribution in [0.15, 0.2) is 53.6 Å². The molecule has 0 spiro atoms. The molecule has 0 atom stereocenters. The molecule has 0 amide bonds. The maximum Gasteiger partial charge on any atom is 0.0956 e. The van der Waals surface area contributed by atoms with E-state index in [0.717, 1.165) is 18.7 Å². The van der Waals surface area contributed by atoms with Crippen LogP contribution in [-0.4, -0.2) is 9.55 Å². The summed E-state index contributed by atoms with van der Waals surface area (Å²) in [6.45, 7) is 3.05. The fourth-order valence-corrected chi connectivity index (χ4v) is 2.75. The van der Waals surface area contributed by atoms with Gasteiger partial charge in [0, 0.05) is 23.7 Å². The number of thiophene rings is 1. The smallest absolute Gasteiger partial charge is 0.0956 e. The molecule has 0 saturated carbocycles. The maximum absolute atomic E-state index is 4.46. The van der Waals surface area contributed by atoms with E-state index >= 15 is 0 Å². The molecule has 2 aromatic heterocycles. The Labute approximate surface area is 117 Å². The summed E-state index contributed by atoms with van der Waals surface area (Å²) >= 11 is 1.70. The zero-order valence-electron chi connectivity index (χ0n) is 10.9. The minimum absolute atomic E-state index is 0.876. The minimum Gasteiger partial charge on any atom is -0.332 e. The monoisotopic (exact) mass is 268 g/mol. The van der Waals surface area contributed by atoms with Gasteiger partial charge in [-0.15, -0.1) is 0 Å². The van der Waals surface area contributed by atoms with Crippen molar-refractivity contribution >= 4 is 11.3 Å². The molecule has 0 fully saturated rings. The Balaban J connectivity index is 1.76. The molecule has 1 aromatic carbocycles. The molecule has 19 heavy (non-hydrogen) atoms. The highest BCUT2D eigenvalue weighted by Gasteiger charge is 2.03. The van der Waals surface area contributed by atoms with Crippen molar-refractivity contribution in [2.45, 2.75) is 19.9 Å². The second kappa shape index (κ2) is 5.41. The van der Waals surface area contributed by atoms with Crippen LogP contribution in [0.5, 0.6) is 0 Å². The van der Waals surface area contributed by atoms with E-state index in [1.54, 1.807) is 11.3 Å². The highest BCUT2D eigenvalue weighted by molar-refractivity contribution is 7.08. The van der Waals surface area contributed by atoms with Crippen molar-refractivity contribution in [3.63, 3.8) is 0 Å². The Morgan fingerprint density at radius 1 is 1.11 bits per heavy atom. The highest BCUT2D eigenvalue weighted by Crippen LogP contribution is 2.20. The molecule has 0 N–H and O–H groups in total. The van der Waals surface area contributed by atoms with E-state index in [9.17, 15) is 0 Å². The van der Waals surface area contributed by atoms with Crippen molar-refractivity contribution in [2.24, 2.45) is 0 Å². The van der Waals surface area contributed by atoms with Crippen LogP contribution in [0.4, 0.5) is 0 Å². The third-order valence-corrected chi connectivity index (χ3v) is 3.93. The van der Waals surface area contributed by atoms with Gasteiger partial charge in [-0.2, -0.15) is 11.3 Å². The van der Waals surface area contributed by atoms with Gasteiger partial charge in [-0.3, -0.25) is 0 Å². The van der Waals surface area contributed by atoms with Gasteiger partial charge in [0.05, 0.1) is 12.0 Å². The van der Waals surface area contributed by atoms with E-state index in [0.29, 0.717) is 0 Å². The normalized spacial score (nSPS) is 10.8. The third kappa shape index (κ3) is 2.76. The fourth-order valence-electron chi connectivity index (χ4n) is 2.10. The lowest BCUT2D eigenvalue weighted by molar-refractivity contribution is 0.797. The third-order valence-electron chi connectivity index (χ3n) is 3.25. The molecule has 3 heteroatoms. The summed E-state index contributed by atoms with van der Waals surface area (Å²) in [6, 6.07) is 10.9. The fraction of sp³-hybridized carbons (Fsp3) is 0.188. The molecule has 0 saturated heterocycles. The number of nitrogens with zero attached hydrogens (tertiary/aromatic N) is 2. The molecule has 0 bridgehead atoms. The molecule has 2 heterocycles. The van der Waals surface area contributed by atoms with E-state index in [-0.39, 0.29) is 0 Å². The van der Waals surface area contributed by atoms with Crippen molar-refractivity contribution < 1.29 is 0 Å². The largest absolute Gasteiger partial charge is 0.332 e. The van der Waals surface area contributed by atoms with Crippen LogP contribution in [0.2, 0.25) is 0 Å². The first-order valence-electron chi connectivity index (χ1n) is 6.47. The number of hydrogen-bond donors (Lipinski definition) is 0. The summed E-state index contributed by atoms with van der Waals surface area (Å²) in [6.07, 6.45) is 5.10. The van der Waals surface area contributed by atoms with E-state index in [4.69, 9.17) is 0 Å². The second-order valence-electron chi connectivity index (χ2n) is 4.61. The Bertz CT molecular complexity index is 636. The second-order valence-corrected chi connectivity index (χ2v) is 5.39. The zero-order valence-corrected chi connectivity index (χ0v) is 11.7. The first-order valence-corrected chi connectivity index (χ1v) is 7.41. The van der Waals surface area contributed by atoms with Crippen LogP contribution >= 0.6 is 11.3 Å². The zero-order chi connectivity index (χ0) is 13.1. The summed E-state index contributed by atoms with van der Waals surface area (Å²) in [4.78, 5) is 4.46. The van der Waals surface area contributed by atoms with Gasteiger partial charge in [0.15, 0.2) is 0 Å². The number of aromatic nitrogens is 2. The maximum atomic E-state index is 4.46. The van der Waals surface area contributed by atoms with Crippen LogP contribution < -0.4 is 0 Å². The van der Waals surface area contributed by atoms with Gasteiger partial charge in [0.25, 0.3) is 0 Å². The lowest BCUT2D eigenvalue weighted by atomic mass is 10.1. The molecule has 3 aromatic rings. The van der Waals surface area contributed by atoms with Gasteiger partial charge in [-0.1, -0.05) is 31.2 Å². The molecule has 0 aliphatic carbocycles. The van der Waals surface area contributed by atoms with E-state index in [1.165, 1.54) is 16.7 Å². The van der Waals surface area contributed by atoms with Crippen molar-refractivity contribution in [1.29, 1.82) is 0 Å². The van der Waals surface area contributed by atoms with Crippen LogP contribution in [-0.2, 0) is 13.0 Å². The Morgan fingerprint density at radius 3 is 2.58 bits per heavy atom. The molecule has 0 radical (unpaired) electrons. The standard InChI is InChI=1S/C16H16N2S/c1-2-13-3-5-14(6-4-13)9-18-10-16(17-12-18)15-7-8-19-11-15/h3-8,10-12H,2,9H2,1H3. The molecule has 0 aliphatic heterocycles. The lowest BCUT2D eigenvalue weighted by Gasteiger charge is -2.03. The van der Waals surface area contributed by atoms with Gasteiger partial charge in [-0.05, 0) is 29.0 Å². The molecule has 96 valence electrons. The average molecular weight is 268 g/mol. The summed E-state index contributed by atoms with van der Waals surface area (Å²) in [7, 11) is 0. The SMILES string of the molecule is CCc1ccc(Cn2cnc(-c3ccsc3)c2)cc1. The quantitative estimate of drug-likeness (QED) is 0.692. The van der Waals surface area contributed by atoms with Crippen molar-refractivity contribution in [1.82, 2.24) is 9.55 Å². The number of rotatable bonds is 4. The van der Waals surface area contributed by atoms with Crippen LogP contribution in [0.3, 0.4) is 0 Å². The van der Waals surface area contributed by atoms with Crippen LogP contribution in [0, 0.1) is 0 Å². The van der Waals surface area contributed by atoms with E-state index in [2.05, 4.69) is 63.8 Å². The minimum atomic E-state index is 0.876. The number of hydrogen-bond acceptors (Lipinski definition) is 2. The van der Waals surface area contributed by atoms with Crippen molar-refractivity contribution in [3.8, 4) is 11.3 Å². The summed E-state index contributed by atoms with van der Waals surface area (Å²) < 4.78 is 2.13. The van der Waals surface area contributed by atoms with E-state index < -0.39 is 0 Å². The van der Waals surface area contributed by atoms with Gasteiger partial charge >= 0.3 is 0 Å². The highest BCUT2D eigenvalue weighted by atomic mass is 32.1. The van der Waals surface area contributed by atoms with Crippen LogP contribution in [0.1, 0.15) is 18.1 Å². The van der Waals surface area contributed by atoms with Crippen molar-refractivity contribution in [2.75, 3.05) is 0 Å². The Hall–Kier alpha value is -1.87. The van der Waals surface area contributed by atoms with Crippen molar-refractivity contribution in [3.05, 3.63) is 64.7 Å². The van der Waals surface area contributed by atoms with E-state index in [1.807, 2.05) is 6.33 Å². The molecular formula is C16H16N2S.